The van der Waals surface area contributed by atoms with Crippen molar-refractivity contribution in [2.45, 2.75) is 6.92 Å². The van der Waals surface area contributed by atoms with E-state index >= 15 is 0 Å². The average Bonchev–Trinajstić information content (AvgIpc) is 2.60. The molecule has 2 rings (SSSR count). The van der Waals surface area contributed by atoms with Crippen LogP contribution in [0.3, 0.4) is 0 Å². The second-order valence-electron chi connectivity index (χ2n) is 4.94. The van der Waals surface area contributed by atoms with Crippen LogP contribution in [0, 0.1) is 0 Å². The van der Waals surface area contributed by atoms with Gasteiger partial charge in [0.1, 0.15) is 0 Å². The molecule has 1 saturated heterocycles. The molecule has 1 aromatic heterocycles. The fraction of sp³-hybridized carbons (Fsp3) is 0.467. The third-order valence-electron chi connectivity index (χ3n) is 3.40. The number of rotatable bonds is 5. The molecule has 1 aliphatic heterocycles. The first-order chi connectivity index (χ1) is 11.2. The molecule has 2 amide bonds. The fourth-order valence-corrected chi connectivity index (χ4v) is 2.18. The molecule has 1 aromatic rings. The van der Waals surface area contributed by atoms with Gasteiger partial charge in [-0.1, -0.05) is 6.08 Å². The predicted octanol–water partition coefficient (Wildman–Crippen LogP) is 0.989. The highest BCUT2D eigenvalue weighted by molar-refractivity contribution is 5.93. The molecule has 1 fully saturated rings. The molecule has 8 heteroatoms. The van der Waals surface area contributed by atoms with E-state index in [1.807, 2.05) is 0 Å². The number of amides is 2. The normalized spacial score (nSPS) is 14.3. The summed E-state index contributed by atoms with van der Waals surface area (Å²) in [5.41, 5.74) is 0.429. The van der Waals surface area contributed by atoms with E-state index in [0.29, 0.717) is 50.8 Å². The number of aromatic nitrogens is 2. The Kier molecular flexibility index (Phi) is 5.90. The van der Waals surface area contributed by atoms with Crippen molar-refractivity contribution in [3.63, 3.8) is 0 Å². The van der Waals surface area contributed by atoms with Gasteiger partial charge in [0, 0.05) is 45.1 Å². The summed E-state index contributed by atoms with van der Waals surface area (Å²) in [5, 5.41) is 2.95. The number of carbonyl (C=O) groups excluding carboxylic acids is 2. The maximum Gasteiger partial charge on any atom is 0.409 e. The minimum Gasteiger partial charge on any atom is -0.450 e. The van der Waals surface area contributed by atoms with Crippen LogP contribution in [0.1, 0.15) is 17.3 Å². The lowest BCUT2D eigenvalue weighted by Crippen LogP contribution is -2.50. The predicted molar refractivity (Wildman–Crippen MR) is 85.2 cm³/mol. The maximum absolute atomic E-state index is 12.4. The van der Waals surface area contributed by atoms with E-state index < -0.39 is 0 Å². The number of hydrogen-bond acceptors (Lipinski definition) is 6. The second kappa shape index (κ2) is 8.11. The van der Waals surface area contributed by atoms with Crippen LogP contribution < -0.4 is 5.32 Å². The molecule has 2 heterocycles. The van der Waals surface area contributed by atoms with E-state index in [4.69, 9.17) is 4.74 Å². The first kappa shape index (κ1) is 16.7. The van der Waals surface area contributed by atoms with Crippen LogP contribution in [0.25, 0.3) is 0 Å². The van der Waals surface area contributed by atoms with Crippen LogP contribution in [0.15, 0.2) is 25.0 Å². The van der Waals surface area contributed by atoms with Gasteiger partial charge >= 0.3 is 6.09 Å². The van der Waals surface area contributed by atoms with Gasteiger partial charge in [0.25, 0.3) is 5.91 Å². The second-order valence-corrected chi connectivity index (χ2v) is 4.94. The van der Waals surface area contributed by atoms with Crippen molar-refractivity contribution < 1.29 is 14.3 Å². The number of anilines is 1. The molecule has 1 N–H and O–H groups in total. The van der Waals surface area contributed by atoms with Crippen LogP contribution in [0.4, 0.5) is 10.7 Å². The smallest absolute Gasteiger partial charge is 0.409 e. The highest BCUT2D eigenvalue weighted by Crippen LogP contribution is 2.09. The molecule has 0 aromatic carbocycles. The molecule has 0 aliphatic carbocycles. The highest BCUT2D eigenvalue weighted by atomic mass is 16.6. The molecule has 23 heavy (non-hydrogen) atoms. The van der Waals surface area contributed by atoms with E-state index in [1.165, 1.54) is 12.4 Å². The number of carbonyl (C=O) groups is 2. The molecular weight excluding hydrogens is 298 g/mol. The van der Waals surface area contributed by atoms with Crippen LogP contribution >= 0.6 is 0 Å². The quantitative estimate of drug-likeness (QED) is 0.814. The van der Waals surface area contributed by atoms with Crippen molar-refractivity contribution in [3.05, 3.63) is 30.6 Å². The Hall–Kier alpha value is -2.64. The molecule has 0 atom stereocenters. The van der Waals surface area contributed by atoms with Crippen molar-refractivity contribution in [1.29, 1.82) is 0 Å². The zero-order valence-corrected chi connectivity index (χ0v) is 13.2. The summed E-state index contributed by atoms with van der Waals surface area (Å²) in [6.07, 6.45) is 4.36. The highest BCUT2D eigenvalue weighted by Gasteiger charge is 2.25. The molecule has 0 unspecified atom stereocenters. The molecular formula is C15H21N5O3. The fourth-order valence-electron chi connectivity index (χ4n) is 2.18. The third-order valence-corrected chi connectivity index (χ3v) is 3.40. The summed E-state index contributed by atoms with van der Waals surface area (Å²) in [7, 11) is 0. The van der Waals surface area contributed by atoms with E-state index in [1.54, 1.807) is 22.8 Å². The van der Waals surface area contributed by atoms with Gasteiger partial charge in [-0.15, -0.1) is 6.58 Å². The van der Waals surface area contributed by atoms with Crippen LogP contribution in [-0.4, -0.2) is 71.1 Å². The van der Waals surface area contributed by atoms with Gasteiger partial charge in [-0.25, -0.2) is 14.8 Å². The van der Waals surface area contributed by atoms with Crippen LogP contribution in [0.2, 0.25) is 0 Å². The summed E-state index contributed by atoms with van der Waals surface area (Å²) < 4.78 is 4.96. The van der Waals surface area contributed by atoms with Gasteiger partial charge < -0.3 is 19.9 Å². The lowest BCUT2D eigenvalue weighted by Gasteiger charge is -2.33. The molecule has 0 bridgehead atoms. The molecule has 0 saturated carbocycles. The molecule has 1 aliphatic rings. The SMILES string of the molecule is C=CCNc1ncc(C(=O)N2CCN(C(=O)OCC)CC2)cn1. The summed E-state index contributed by atoms with van der Waals surface area (Å²) in [5.74, 6) is 0.317. The number of piperazine rings is 1. The minimum absolute atomic E-state index is 0.135. The van der Waals surface area contributed by atoms with Crippen LogP contribution in [0.5, 0.6) is 0 Å². The number of nitrogens with one attached hydrogen (secondary N) is 1. The average molecular weight is 319 g/mol. The zero-order valence-electron chi connectivity index (χ0n) is 13.2. The lowest BCUT2D eigenvalue weighted by atomic mass is 10.2. The van der Waals surface area contributed by atoms with Crippen molar-refractivity contribution >= 4 is 17.9 Å². The Morgan fingerprint density at radius 2 is 1.87 bits per heavy atom. The lowest BCUT2D eigenvalue weighted by molar-refractivity contribution is 0.0570. The van der Waals surface area contributed by atoms with Gasteiger partial charge in [-0.05, 0) is 6.92 Å². The first-order valence-electron chi connectivity index (χ1n) is 7.53. The zero-order chi connectivity index (χ0) is 16.7. The minimum atomic E-state index is -0.333. The monoisotopic (exact) mass is 319 g/mol. The molecule has 124 valence electrons. The van der Waals surface area contributed by atoms with E-state index in [9.17, 15) is 9.59 Å². The van der Waals surface area contributed by atoms with Gasteiger partial charge in [-0.2, -0.15) is 0 Å². The Labute approximate surface area is 135 Å². The number of nitrogens with zero attached hydrogens (tertiary/aromatic N) is 4. The summed E-state index contributed by atoms with van der Waals surface area (Å²) in [6, 6.07) is 0. The molecule has 0 spiro atoms. The van der Waals surface area contributed by atoms with E-state index in [0.717, 1.165) is 0 Å². The summed E-state index contributed by atoms with van der Waals surface area (Å²) >= 11 is 0. The largest absolute Gasteiger partial charge is 0.450 e. The summed E-state index contributed by atoms with van der Waals surface area (Å²) in [4.78, 5) is 35.5. The Bertz CT molecular complexity index is 553. The topological polar surface area (TPSA) is 87.7 Å². The Morgan fingerprint density at radius 1 is 1.26 bits per heavy atom. The van der Waals surface area contributed by atoms with Gasteiger partial charge in [0.2, 0.25) is 5.95 Å². The van der Waals surface area contributed by atoms with Gasteiger partial charge in [0.15, 0.2) is 0 Å². The van der Waals surface area contributed by atoms with Gasteiger partial charge in [0.05, 0.1) is 12.2 Å². The third kappa shape index (κ3) is 4.41. The van der Waals surface area contributed by atoms with E-state index in [-0.39, 0.29) is 12.0 Å². The maximum atomic E-state index is 12.4. The Morgan fingerprint density at radius 3 is 2.43 bits per heavy atom. The van der Waals surface area contributed by atoms with Crippen LogP contribution in [-0.2, 0) is 4.74 Å². The number of hydrogen-bond donors (Lipinski definition) is 1. The van der Waals surface area contributed by atoms with Crippen molar-refractivity contribution in [1.82, 2.24) is 19.8 Å². The van der Waals surface area contributed by atoms with Gasteiger partial charge in [-0.3, -0.25) is 4.79 Å². The molecule has 0 radical (unpaired) electrons. The summed E-state index contributed by atoms with van der Waals surface area (Å²) in [6.45, 7) is 8.13. The van der Waals surface area contributed by atoms with E-state index in [2.05, 4.69) is 21.9 Å². The van der Waals surface area contributed by atoms with Crippen molar-refractivity contribution in [3.8, 4) is 0 Å². The van der Waals surface area contributed by atoms with Crippen molar-refractivity contribution in [2.24, 2.45) is 0 Å². The Balaban J connectivity index is 1.89. The number of ether oxygens (including phenoxy) is 1. The first-order valence-corrected chi connectivity index (χ1v) is 7.53. The standard InChI is InChI=1S/C15H21N5O3/c1-3-5-16-14-17-10-12(11-18-14)13(21)19-6-8-20(9-7-19)15(22)23-4-2/h3,10-11H,1,4-9H2,2H3,(H,16,17,18). The van der Waals surface area contributed by atoms with Crippen molar-refractivity contribution in [2.75, 3.05) is 44.6 Å². The molecule has 8 nitrogen and oxygen atoms in total.